The van der Waals surface area contributed by atoms with Crippen LogP contribution in [-0.4, -0.2) is 40.0 Å². The summed E-state index contributed by atoms with van der Waals surface area (Å²) in [7, 11) is -0.771. The number of rotatable bonds is 6. The number of fused-ring (bicyclic) bond motifs is 1. The van der Waals surface area contributed by atoms with Gasteiger partial charge in [-0.3, -0.25) is 4.57 Å². The molecule has 2 aromatic heterocycles. The Morgan fingerprint density at radius 2 is 1.72 bits per heavy atom. The van der Waals surface area contributed by atoms with Crippen molar-refractivity contribution in [3.8, 4) is 6.01 Å². The molecule has 7 nitrogen and oxygen atoms in total. The van der Waals surface area contributed by atoms with Gasteiger partial charge >= 0.3 is 6.01 Å². The largest absolute Gasteiger partial charge is 0.467 e. The van der Waals surface area contributed by atoms with Crippen molar-refractivity contribution in [2.45, 2.75) is 13.8 Å². The molecule has 0 atom stereocenters. The van der Waals surface area contributed by atoms with Crippen LogP contribution < -0.4 is 15.4 Å². The summed E-state index contributed by atoms with van der Waals surface area (Å²) >= 11 is 0. The van der Waals surface area contributed by atoms with Gasteiger partial charge in [0.25, 0.3) is 0 Å². The summed E-state index contributed by atoms with van der Waals surface area (Å²) in [5.74, 6) is 0.537. The molecule has 4 rings (SSSR count). The van der Waals surface area contributed by atoms with Crippen LogP contribution in [0.15, 0.2) is 48.8 Å². The first-order valence-electron chi connectivity index (χ1n) is 10.2. The van der Waals surface area contributed by atoms with Crippen molar-refractivity contribution in [2.24, 2.45) is 0 Å². The third-order valence-electron chi connectivity index (χ3n) is 5.28. The summed E-state index contributed by atoms with van der Waals surface area (Å²) in [6.07, 6.45) is 5.71. The van der Waals surface area contributed by atoms with Crippen LogP contribution in [0.25, 0.3) is 23.4 Å². The lowest BCUT2D eigenvalue weighted by Gasteiger charge is -2.10. The minimum absolute atomic E-state index is 0.241. The molecule has 8 heteroatoms. The number of ether oxygens (including phenoxy) is 1. The molecule has 0 saturated carbocycles. The highest BCUT2D eigenvalue weighted by Gasteiger charge is 2.15. The molecule has 0 saturated heterocycles. The van der Waals surface area contributed by atoms with Crippen LogP contribution in [0, 0.1) is 13.8 Å². The van der Waals surface area contributed by atoms with Crippen molar-refractivity contribution >= 4 is 47.4 Å². The fourth-order valence-corrected chi connectivity index (χ4v) is 4.34. The molecule has 4 aromatic rings. The van der Waals surface area contributed by atoms with Gasteiger partial charge in [0.1, 0.15) is 13.5 Å². The fourth-order valence-electron chi connectivity index (χ4n) is 3.47. The minimum atomic E-state index is -2.31. The van der Waals surface area contributed by atoms with E-state index in [0.29, 0.717) is 17.0 Å². The molecule has 0 unspecified atom stereocenters. The summed E-state index contributed by atoms with van der Waals surface area (Å²) in [6, 6.07) is 14.0. The van der Waals surface area contributed by atoms with E-state index in [2.05, 4.69) is 58.4 Å². The van der Waals surface area contributed by atoms with Crippen molar-refractivity contribution < 1.29 is 9.30 Å². The maximum absolute atomic E-state index is 12.3. The first kappa shape index (κ1) is 21.8. The van der Waals surface area contributed by atoms with E-state index in [4.69, 9.17) is 4.74 Å². The normalized spacial score (nSPS) is 11.9. The molecule has 0 radical (unpaired) electrons. The van der Waals surface area contributed by atoms with Gasteiger partial charge in [0, 0.05) is 17.2 Å². The molecular formula is C24H26N5O2P. The number of hydrogen-bond acceptors (Lipinski definition) is 6. The van der Waals surface area contributed by atoms with E-state index in [9.17, 15) is 4.57 Å². The highest BCUT2D eigenvalue weighted by Crippen LogP contribution is 2.35. The standard InChI is InChI=1S/C24H26N5O2P/c1-16-7-6-8-17(2)20(16)13-14-29-15-25-21-22(27-24(31-3)28-23(21)29)26-18-9-11-19(12-10-18)32(4,5)30/h6-15H,1-5H3,(H,26,27,28)/b14-13+. The zero-order chi connectivity index (χ0) is 22.9. The lowest BCUT2D eigenvalue weighted by Crippen LogP contribution is -2.04. The number of methoxy groups -OCH3 is 1. The summed E-state index contributed by atoms with van der Waals surface area (Å²) in [5, 5.41) is 4.11. The van der Waals surface area contributed by atoms with Gasteiger partial charge in [-0.1, -0.05) is 18.2 Å². The lowest BCUT2D eigenvalue weighted by molar-refractivity contribution is 0.382. The third-order valence-corrected chi connectivity index (χ3v) is 6.82. The van der Waals surface area contributed by atoms with Crippen molar-refractivity contribution in [2.75, 3.05) is 25.8 Å². The maximum atomic E-state index is 12.3. The van der Waals surface area contributed by atoms with Crippen LogP contribution in [0.1, 0.15) is 16.7 Å². The van der Waals surface area contributed by atoms with Crippen LogP contribution >= 0.6 is 7.14 Å². The number of anilines is 2. The van der Waals surface area contributed by atoms with E-state index >= 15 is 0 Å². The van der Waals surface area contributed by atoms with Gasteiger partial charge in [0.05, 0.1) is 7.11 Å². The molecule has 32 heavy (non-hydrogen) atoms. The van der Waals surface area contributed by atoms with Gasteiger partial charge in [-0.2, -0.15) is 9.97 Å². The summed E-state index contributed by atoms with van der Waals surface area (Å²) < 4.78 is 19.5. The van der Waals surface area contributed by atoms with Crippen LogP contribution in [0.2, 0.25) is 0 Å². The zero-order valence-electron chi connectivity index (χ0n) is 18.8. The van der Waals surface area contributed by atoms with E-state index in [1.165, 1.54) is 18.2 Å². The Kier molecular flexibility index (Phi) is 5.85. The van der Waals surface area contributed by atoms with Crippen molar-refractivity contribution in [3.05, 3.63) is 65.5 Å². The lowest BCUT2D eigenvalue weighted by atomic mass is 10.0. The molecule has 2 heterocycles. The molecule has 0 aliphatic rings. The Labute approximate surface area is 187 Å². The Morgan fingerprint density at radius 1 is 1.03 bits per heavy atom. The first-order chi connectivity index (χ1) is 15.3. The van der Waals surface area contributed by atoms with Crippen molar-refractivity contribution in [3.63, 3.8) is 0 Å². The van der Waals surface area contributed by atoms with Crippen LogP contribution in [0.3, 0.4) is 0 Å². The molecule has 0 amide bonds. The van der Waals surface area contributed by atoms with Gasteiger partial charge in [-0.15, -0.1) is 0 Å². The predicted octanol–water partition coefficient (Wildman–Crippen LogP) is 5.07. The second kappa shape index (κ2) is 8.60. The Morgan fingerprint density at radius 3 is 2.34 bits per heavy atom. The zero-order valence-corrected chi connectivity index (χ0v) is 19.7. The van der Waals surface area contributed by atoms with Gasteiger partial charge in [0.2, 0.25) is 0 Å². The number of nitrogens with zero attached hydrogens (tertiary/aromatic N) is 4. The Hall–Kier alpha value is -3.44. The van der Waals surface area contributed by atoms with E-state index in [1.807, 2.05) is 35.0 Å². The average Bonchev–Trinajstić information content (AvgIpc) is 3.16. The first-order valence-corrected chi connectivity index (χ1v) is 12.8. The van der Waals surface area contributed by atoms with E-state index in [1.54, 1.807) is 19.7 Å². The Bertz CT molecular complexity index is 1330. The van der Waals surface area contributed by atoms with Crippen molar-refractivity contribution in [1.29, 1.82) is 0 Å². The number of aryl methyl sites for hydroxylation is 2. The summed E-state index contributed by atoms with van der Waals surface area (Å²) in [4.78, 5) is 13.5. The highest BCUT2D eigenvalue weighted by atomic mass is 31.2. The molecule has 0 bridgehead atoms. The van der Waals surface area contributed by atoms with Gasteiger partial charge in [-0.05, 0) is 74.2 Å². The molecule has 0 fully saturated rings. The molecular weight excluding hydrogens is 421 g/mol. The highest BCUT2D eigenvalue weighted by molar-refractivity contribution is 7.70. The molecule has 0 aliphatic carbocycles. The Balaban J connectivity index is 1.71. The monoisotopic (exact) mass is 447 g/mol. The summed E-state index contributed by atoms with van der Waals surface area (Å²) in [5.41, 5.74) is 5.63. The SMILES string of the molecule is COc1nc(Nc2ccc(P(C)(C)=O)cc2)c2ncn(/C=C/c3c(C)cccc3C)c2n1. The molecule has 0 aliphatic heterocycles. The van der Waals surface area contributed by atoms with E-state index < -0.39 is 7.14 Å². The number of benzene rings is 2. The second-order valence-electron chi connectivity index (χ2n) is 8.03. The number of hydrogen-bond donors (Lipinski definition) is 1. The topological polar surface area (TPSA) is 81.9 Å². The molecule has 2 aromatic carbocycles. The van der Waals surface area contributed by atoms with E-state index in [0.717, 1.165) is 16.6 Å². The molecule has 1 N–H and O–H groups in total. The molecule has 0 spiro atoms. The average molecular weight is 447 g/mol. The summed E-state index contributed by atoms with van der Waals surface area (Å²) in [6.45, 7) is 7.69. The smallest absolute Gasteiger partial charge is 0.320 e. The van der Waals surface area contributed by atoms with Gasteiger partial charge < -0.3 is 14.6 Å². The van der Waals surface area contributed by atoms with Gasteiger partial charge in [-0.25, -0.2) is 4.98 Å². The van der Waals surface area contributed by atoms with Gasteiger partial charge in [0.15, 0.2) is 17.0 Å². The predicted molar refractivity (Wildman–Crippen MR) is 132 cm³/mol. The third kappa shape index (κ3) is 4.43. The van der Waals surface area contributed by atoms with E-state index in [-0.39, 0.29) is 6.01 Å². The molecule has 164 valence electrons. The number of aromatic nitrogens is 4. The number of nitrogens with one attached hydrogen (secondary N) is 1. The fraction of sp³-hybridized carbons (Fsp3) is 0.208. The second-order valence-corrected chi connectivity index (χ2v) is 11.2. The number of imidazole rings is 1. The maximum Gasteiger partial charge on any atom is 0.320 e. The van der Waals surface area contributed by atoms with Crippen LogP contribution in [0.5, 0.6) is 6.01 Å². The minimum Gasteiger partial charge on any atom is -0.467 e. The quantitative estimate of drug-likeness (QED) is 0.416. The van der Waals surface area contributed by atoms with Crippen LogP contribution in [0.4, 0.5) is 11.5 Å². The van der Waals surface area contributed by atoms with Crippen LogP contribution in [-0.2, 0) is 4.57 Å². The van der Waals surface area contributed by atoms with Crippen molar-refractivity contribution in [1.82, 2.24) is 19.5 Å².